The number of hydrogen-bond donors (Lipinski definition) is 1. The molecule has 0 fully saturated rings. The van der Waals surface area contributed by atoms with Crippen LogP contribution in [0.2, 0.25) is 0 Å². The van der Waals surface area contributed by atoms with E-state index in [0.717, 1.165) is 12.3 Å². The predicted molar refractivity (Wildman–Crippen MR) is 49.7 cm³/mol. The van der Waals surface area contributed by atoms with Gasteiger partial charge in [-0.1, -0.05) is 13.8 Å². The van der Waals surface area contributed by atoms with E-state index in [4.69, 9.17) is 5.73 Å². The Labute approximate surface area is 71.5 Å². The van der Waals surface area contributed by atoms with E-state index in [2.05, 4.69) is 18.8 Å². The molecule has 0 radical (unpaired) electrons. The van der Waals surface area contributed by atoms with Crippen LogP contribution in [-0.2, 0) is 6.42 Å². The molecule has 1 rings (SSSR count). The van der Waals surface area contributed by atoms with E-state index in [1.165, 1.54) is 11.3 Å². The third-order valence-corrected chi connectivity index (χ3v) is 2.43. The van der Waals surface area contributed by atoms with Crippen LogP contribution in [0.4, 0.5) is 5.13 Å². The molecular weight excluding hydrogens is 156 g/mol. The Hall–Kier alpha value is -0.570. The van der Waals surface area contributed by atoms with Crippen LogP contribution in [0.5, 0.6) is 0 Å². The number of aromatic nitrogens is 1. The highest BCUT2D eigenvalue weighted by Crippen LogP contribution is 2.17. The summed E-state index contributed by atoms with van der Waals surface area (Å²) in [6, 6.07) is 0. The van der Waals surface area contributed by atoms with Crippen LogP contribution in [0.15, 0.2) is 6.20 Å². The largest absolute Gasteiger partial charge is 0.375 e. The minimum absolute atomic E-state index is 0.684. The molecule has 0 bridgehead atoms. The van der Waals surface area contributed by atoms with Crippen molar-refractivity contribution in [2.45, 2.75) is 26.7 Å². The van der Waals surface area contributed by atoms with Crippen molar-refractivity contribution >= 4 is 16.5 Å². The number of nitrogens with zero attached hydrogens (tertiary/aromatic N) is 1. The molecule has 0 atom stereocenters. The maximum Gasteiger partial charge on any atom is 0.180 e. The fourth-order valence-corrected chi connectivity index (χ4v) is 1.57. The Morgan fingerprint density at radius 2 is 2.36 bits per heavy atom. The first-order valence-electron chi connectivity index (χ1n) is 3.88. The van der Waals surface area contributed by atoms with Crippen LogP contribution in [-0.4, -0.2) is 4.98 Å². The van der Waals surface area contributed by atoms with E-state index in [0.29, 0.717) is 5.13 Å². The summed E-state index contributed by atoms with van der Waals surface area (Å²) < 4.78 is 0. The minimum atomic E-state index is 0.684. The standard InChI is InChI=1S/C8H14N2S/c1-6(2)3-4-7-5-10-8(9)11-7/h5-6H,3-4H2,1-2H3,(H2,9,10). The Balaban J connectivity index is 2.39. The van der Waals surface area contributed by atoms with Gasteiger partial charge in [0.1, 0.15) is 0 Å². The normalized spacial score (nSPS) is 10.8. The molecule has 0 unspecified atom stereocenters. The highest BCUT2D eigenvalue weighted by Gasteiger charge is 1.99. The summed E-state index contributed by atoms with van der Waals surface area (Å²) >= 11 is 1.60. The first-order valence-corrected chi connectivity index (χ1v) is 4.70. The average Bonchev–Trinajstić information content (AvgIpc) is 2.31. The van der Waals surface area contributed by atoms with Crippen LogP contribution < -0.4 is 5.73 Å². The van der Waals surface area contributed by atoms with E-state index in [9.17, 15) is 0 Å². The first-order chi connectivity index (χ1) is 5.18. The van der Waals surface area contributed by atoms with E-state index >= 15 is 0 Å². The fourth-order valence-electron chi connectivity index (χ4n) is 0.869. The molecule has 1 heterocycles. The summed E-state index contributed by atoms with van der Waals surface area (Å²) in [6.45, 7) is 4.45. The highest BCUT2D eigenvalue weighted by atomic mass is 32.1. The third kappa shape index (κ3) is 2.89. The lowest BCUT2D eigenvalue weighted by Gasteiger charge is -1.99. The molecule has 1 aromatic heterocycles. The topological polar surface area (TPSA) is 38.9 Å². The zero-order valence-electron chi connectivity index (χ0n) is 7.00. The van der Waals surface area contributed by atoms with Gasteiger partial charge in [-0.3, -0.25) is 0 Å². The molecule has 0 amide bonds. The van der Waals surface area contributed by atoms with Gasteiger partial charge in [0.25, 0.3) is 0 Å². The Kier molecular flexibility index (Phi) is 2.88. The van der Waals surface area contributed by atoms with Crippen molar-refractivity contribution in [3.63, 3.8) is 0 Å². The van der Waals surface area contributed by atoms with Gasteiger partial charge in [-0.2, -0.15) is 0 Å². The summed E-state index contributed by atoms with van der Waals surface area (Å²) in [5.41, 5.74) is 5.49. The van der Waals surface area contributed by atoms with Gasteiger partial charge in [-0.15, -0.1) is 11.3 Å². The molecule has 0 aliphatic heterocycles. The number of nitrogens with two attached hydrogens (primary N) is 1. The Morgan fingerprint density at radius 3 is 2.82 bits per heavy atom. The van der Waals surface area contributed by atoms with Crippen molar-refractivity contribution in [2.24, 2.45) is 5.92 Å². The zero-order chi connectivity index (χ0) is 8.27. The molecule has 0 spiro atoms. The summed E-state index contributed by atoms with van der Waals surface area (Å²) in [5, 5.41) is 0.684. The van der Waals surface area contributed by atoms with Crippen molar-refractivity contribution in [2.75, 3.05) is 5.73 Å². The van der Waals surface area contributed by atoms with Gasteiger partial charge in [0.05, 0.1) is 0 Å². The second-order valence-corrected chi connectivity index (χ2v) is 4.24. The molecule has 0 saturated heterocycles. The number of hydrogen-bond acceptors (Lipinski definition) is 3. The number of nitrogen functional groups attached to an aromatic ring is 1. The van der Waals surface area contributed by atoms with Crippen LogP contribution in [0.3, 0.4) is 0 Å². The molecule has 2 nitrogen and oxygen atoms in total. The second-order valence-electron chi connectivity index (χ2n) is 3.10. The second kappa shape index (κ2) is 3.72. The molecule has 2 N–H and O–H groups in total. The molecule has 0 aliphatic rings. The van der Waals surface area contributed by atoms with Crippen molar-refractivity contribution in [1.29, 1.82) is 0 Å². The Morgan fingerprint density at radius 1 is 1.64 bits per heavy atom. The SMILES string of the molecule is CC(C)CCc1cnc(N)s1. The molecular formula is C8H14N2S. The molecule has 62 valence electrons. The van der Waals surface area contributed by atoms with Crippen molar-refractivity contribution in [3.05, 3.63) is 11.1 Å². The molecule has 1 aromatic rings. The van der Waals surface area contributed by atoms with E-state index in [-0.39, 0.29) is 0 Å². The summed E-state index contributed by atoms with van der Waals surface area (Å²) in [5.74, 6) is 0.762. The van der Waals surface area contributed by atoms with E-state index < -0.39 is 0 Å². The lowest BCUT2D eigenvalue weighted by atomic mass is 10.1. The lowest BCUT2D eigenvalue weighted by Crippen LogP contribution is -1.89. The molecule has 11 heavy (non-hydrogen) atoms. The zero-order valence-corrected chi connectivity index (χ0v) is 7.82. The number of anilines is 1. The number of aryl methyl sites for hydroxylation is 1. The smallest absolute Gasteiger partial charge is 0.180 e. The van der Waals surface area contributed by atoms with Crippen LogP contribution in [0.1, 0.15) is 25.1 Å². The predicted octanol–water partition coefficient (Wildman–Crippen LogP) is 2.31. The average molecular weight is 170 g/mol. The summed E-state index contributed by atoms with van der Waals surface area (Å²) in [7, 11) is 0. The minimum Gasteiger partial charge on any atom is -0.375 e. The Bertz CT molecular complexity index is 218. The van der Waals surface area contributed by atoms with Gasteiger partial charge < -0.3 is 5.73 Å². The van der Waals surface area contributed by atoms with Crippen LogP contribution >= 0.6 is 11.3 Å². The molecule has 0 aromatic carbocycles. The van der Waals surface area contributed by atoms with Crippen molar-refractivity contribution in [3.8, 4) is 0 Å². The van der Waals surface area contributed by atoms with Gasteiger partial charge >= 0.3 is 0 Å². The van der Waals surface area contributed by atoms with Crippen molar-refractivity contribution < 1.29 is 0 Å². The monoisotopic (exact) mass is 170 g/mol. The van der Waals surface area contributed by atoms with Gasteiger partial charge in [-0.05, 0) is 18.8 Å². The highest BCUT2D eigenvalue weighted by molar-refractivity contribution is 7.15. The quantitative estimate of drug-likeness (QED) is 0.756. The van der Waals surface area contributed by atoms with Crippen LogP contribution in [0.25, 0.3) is 0 Å². The number of rotatable bonds is 3. The van der Waals surface area contributed by atoms with Gasteiger partial charge in [-0.25, -0.2) is 4.98 Å². The van der Waals surface area contributed by atoms with Crippen LogP contribution in [0, 0.1) is 5.92 Å². The molecule has 3 heteroatoms. The summed E-state index contributed by atoms with van der Waals surface area (Å²) in [6.07, 6.45) is 4.22. The maximum absolute atomic E-state index is 5.49. The molecule has 0 aliphatic carbocycles. The first kappa shape index (κ1) is 8.53. The number of thiazole rings is 1. The molecule has 0 saturated carbocycles. The van der Waals surface area contributed by atoms with E-state index in [1.54, 1.807) is 11.3 Å². The fraction of sp³-hybridized carbons (Fsp3) is 0.625. The van der Waals surface area contributed by atoms with Gasteiger partial charge in [0.15, 0.2) is 5.13 Å². The van der Waals surface area contributed by atoms with Gasteiger partial charge in [0, 0.05) is 11.1 Å². The van der Waals surface area contributed by atoms with E-state index in [1.807, 2.05) is 6.20 Å². The summed E-state index contributed by atoms with van der Waals surface area (Å²) in [4.78, 5) is 5.29. The van der Waals surface area contributed by atoms with Gasteiger partial charge in [0.2, 0.25) is 0 Å². The third-order valence-electron chi connectivity index (χ3n) is 1.54. The maximum atomic E-state index is 5.49. The lowest BCUT2D eigenvalue weighted by molar-refractivity contribution is 0.589. The van der Waals surface area contributed by atoms with Crippen molar-refractivity contribution in [1.82, 2.24) is 4.98 Å².